The predicted molar refractivity (Wildman–Crippen MR) is 73.5 cm³/mol. The summed E-state index contributed by atoms with van der Waals surface area (Å²) in [6.45, 7) is 2.72. The molecule has 1 aliphatic rings. The van der Waals surface area contributed by atoms with Crippen LogP contribution >= 0.6 is 0 Å². The van der Waals surface area contributed by atoms with E-state index in [9.17, 15) is 0 Å². The van der Waals surface area contributed by atoms with Gasteiger partial charge in [0, 0.05) is 6.04 Å². The molecule has 0 bridgehead atoms. The molecule has 0 aromatic carbocycles. The molecule has 5 nitrogen and oxygen atoms in total. The Kier molecular flexibility index (Phi) is 5.39. The summed E-state index contributed by atoms with van der Waals surface area (Å²) in [6.07, 6.45) is 9.10. The Balaban J connectivity index is 1.97. The van der Waals surface area contributed by atoms with E-state index in [0.29, 0.717) is 24.4 Å². The fourth-order valence-corrected chi connectivity index (χ4v) is 2.39. The van der Waals surface area contributed by atoms with E-state index in [4.69, 9.17) is 9.47 Å². The third kappa shape index (κ3) is 4.06. The first kappa shape index (κ1) is 14.1. The molecule has 1 N–H and O–H groups in total. The maximum Gasteiger partial charge on any atom is 0.235 e. The normalized spacial score (nSPS) is 23.1. The maximum absolute atomic E-state index is 5.96. The number of hydrogen-bond donors (Lipinski definition) is 1. The average molecular weight is 265 g/mol. The van der Waals surface area contributed by atoms with Gasteiger partial charge in [0.25, 0.3) is 0 Å². The quantitative estimate of drug-likeness (QED) is 0.854. The lowest BCUT2D eigenvalue weighted by atomic mass is 9.92. The molecule has 1 heterocycles. The van der Waals surface area contributed by atoms with Crippen LogP contribution in [0.3, 0.4) is 0 Å². The number of nitrogens with zero attached hydrogens (tertiary/aromatic N) is 2. The summed E-state index contributed by atoms with van der Waals surface area (Å²) in [5, 5.41) is 3.32. The first-order valence-corrected chi connectivity index (χ1v) is 7.12. The van der Waals surface area contributed by atoms with Crippen molar-refractivity contribution in [3.05, 3.63) is 12.4 Å². The number of hydrogen-bond acceptors (Lipinski definition) is 5. The Morgan fingerprint density at radius 1 is 1.26 bits per heavy atom. The molecule has 0 saturated heterocycles. The molecule has 2 atom stereocenters. The maximum atomic E-state index is 5.96. The fraction of sp³-hybridized carbons (Fsp3) is 0.714. The van der Waals surface area contributed by atoms with Gasteiger partial charge in [0.15, 0.2) is 0 Å². The van der Waals surface area contributed by atoms with Gasteiger partial charge in [0.1, 0.15) is 6.10 Å². The van der Waals surface area contributed by atoms with Crippen molar-refractivity contribution in [1.29, 1.82) is 0 Å². The highest BCUT2D eigenvalue weighted by atomic mass is 16.5. The lowest BCUT2D eigenvalue weighted by molar-refractivity contribution is 0.111. The fourth-order valence-electron chi connectivity index (χ4n) is 2.39. The number of likely N-dealkylation sites (N-methyl/N-ethyl adjacent to an activating group) is 1. The Labute approximate surface area is 114 Å². The summed E-state index contributed by atoms with van der Waals surface area (Å²) in [4.78, 5) is 8.46. The number of nitrogens with one attached hydrogen (secondary N) is 1. The third-order valence-electron chi connectivity index (χ3n) is 3.39. The van der Waals surface area contributed by atoms with Gasteiger partial charge in [-0.25, -0.2) is 0 Å². The van der Waals surface area contributed by atoms with E-state index in [1.54, 1.807) is 12.4 Å². The minimum atomic E-state index is 0.175. The molecule has 0 aliphatic heterocycles. The lowest BCUT2D eigenvalue weighted by Crippen LogP contribution is -2.43. The van der Waals surface area contributed by atoms with Crippen LogP contribution in [-0.4, -0.2) is 35.8 Å². The number of rotatable bonds is 6. The SMILES string of the molecule is CCCOc1cncc(OC2CCCCC2NC)n1. The molecule has 0 radical (unpaired) electrons. The van der Waals surface area contributed by atoms with E-state index in [-0.39, 0.29) is 6.10 Å². The van der Waals surface area contributed by atoms with Crippen LogP contribution in [0.5, 0.6) is 11.8 Å². The second kappa shape index (κ2) is 7.28. The van der Waals surface area contributed by atoms with Gasteiger partial charge in [-0.3, -0.25) is 4.98 Å². The van der Waals surface area contributed by atoms with Crippen molar-refractivity contribution < 1.29 is 9.47 Å². The number of ether oxygens (including phenoxy) is 2. The smallest absolute Gasteiger partial charge is 0.235 e. The second-order valence-electron chi connectivity index (χ2n) is 4.88. The lowest BCUT2D eigenvalue weighted by Gasteiger charge is -2.31. The van der Waals surface area contributed by atoms with Crippen LogP contribution in [-0.2, 0) is 0 Å². The zero-order valence-electron chi connectivity index (χ0n) is 11.8. The molecule has 5 heteroatoms. The molecular weight excluding hydrogens is 242 g/mol. The molecule has 2 rings (SSSR count). The molecule has 2 unspecified atom stereocenters. The van der Waals surface area contributed by atoms with Crippen molar-refractivity contribution >= 4 is 0 Å². The topological polar surface area (TPSA) is 56.3 Å². The van der Waals surface area contributed by atoms with E-state index in [0.717, 1.165) is 19.3 Å². The van der Waals surface area contributed by atoms with E-state index in [1.807, 2.05) is 7.05 Å². The van der Waals surface area contributed by atoms with Crippen LogP contribution in [0.4, 0.5) is 0 Å². The van der Waals surface area contributed by atoms with Gasteiger partial charge in [-0.2, -0.15) is 4.98 Å². The molecule has 1 aromatic heterocycles. The van der Waals surface area contributed by atoms with E-state index < -0.39 is 0 Å². The third-order valence-corrected chi connectivity index (χ3v) is 3.39. The average Bonchev–Trinajstić information content (AvgIpc) is 2.46. The minimum Gasteiger partial charge on any atom is -0.477 e. The molecule has 1 aromatic rings. The Morgan fingerprint density at radius 2 is 2.05 bits per heavy atom. The van der Waals surface area contributed by atoms with Gasteiger partial charge in [-0.15, -0.1) is 0 Å². The highest BCUT2D eigenvalue weighted by Crippen LogP contribution is 2.23. The molecule has 1 fully saturated rings. The predicted octanol–water partition coefficient (Wildman–Crippen LogP) is 2.17. The largest absolute Gasteiger partial charge is 0.477 e. The first-order valence-electron chi connectivity index (χ1n) is 7.12. The molecule has 0 spiro atoms. The monoisotopic (exact) mass is 265 g/mol. The molecule has 1 aliphatic carbocycles. The van der Waals surface area contributed by atoms with Crippen LogP contribution in [0, 0.1) is 0 Å². The van der Waals surface area contributed by atoms with Crippen LogP contribution in [0.2, 0.25) is 0 Å². The second-order valence-corrected chi connectivity index (χ2v) is 4.88. The van der Waals surface area contributed by atoms with Crippen molar-refractivity contribution in [3.8, 4) is 11.8 Å². The van der Waals surface area contributed by atoms with Crippen molar-refractivity contribution in [3.63, 3.8) is 0 Å². The van der Waals surface area contributed by atoms with Crippen molar-refractivity contribution in [1.82, 2.24) is 15.3 Å². The standard InChI is InChI=1S/C14H23N3O2/c1-3-8-18-13-9-16-10-14(17-13)19-12-7-5-4-6-11(12)15-2/h9-12,15H,3-8H2,1-2H3. The van der Waals surface area contributed by atoms with Crippen LogP contribution in [0.15, 0.2) is 12.4 Å². The summed E-state index contributed by atoms with van der Waals surface area (Å²) in [7, 11) is 1.98. The van der Waals surface area contributed by atoms with Gasteiger partial charge in [-0.05, 0) is 32.7 Å². The van der Waals surface area contributed by atoms with Crippen molar-refractivity contribution in [2.24, 2.45) is 0 Å². The highest BCUT2D eigenvalue weighted by molar-refractivity contribution is 5.13. The van der Waals surface area contributed by atoms with Gasteiger partial charge in [0.05, 0.1) is 19.0 Å². The summed E-state index contributed by atoms with van der Waals surface area (Å²) in [6, 6.07) is 0.399. The van der Waals surface area contributed by atoms with Crippen molar-refractivity contribution in [2.45, 2.75) is 51.2 Å². The Bertz CT molecular complexity index is 387. The van der Waals surface area contributed by atoms with Gasteiger partial charge < -0.3 is 14.8 Å². The van der Waals surface area contributed by atoms with Crippen molar-refractivity contribution in [2.75, 3.05) is 13.7 Å². The van der Waals surface area contributed by atoms with E-state index in [2.05, 4.69) is 22.2 Å². The molecule has 1 saturated carbocycles. The number of aromatic nitrogens is 2. The zero-order chi connectivity index (χ0) is 13.5. The molecule has 19 heavy (non-hydrogen) atoms. The van der Waals surface area contributed by atoms with Gasteiger partial charge in [-0.1, -0.05) is 13.3 Å². The van der Waals surface area contributed by atoms with Crippen LogP contribution in [0.25, 0.3) is 0 Å². The summed E-state index contributed by atoms with van der Waals surface area (Å²) in [5.74, 6) is 1.09. The van der Waals surface area contributed by atoms with Crippen LogP contribution in [0.1, 0.15) is 39.0 Å². The van der Waals surface area contributed by atoms with E-state index >= 15 is 0 Å². The first-order chi connectivity index (χ1) is 9.33. The van der Waals surface area contributed by atoms with E-state index in [1.165, 1.54) is 12.8 Å². The highest BCUT2D eigenvalue weighted by Gasteiger charge is 2.25. The molecule has 106 valence electrons. The zero-order valence-corrected chi connectivity index (χ0v) is 11.8. The Morgan fingerprint density at radius 3 is 2.84 bits per heavy atom. The van der Waals surface area contributed by atoms with Gasteiger partial charge in [0.2, 0.25) is 11.8 Å². The van der Waals surface area contributed by atoms with Crippen LogP contribution < -0.4 is 14.8 Å². The minimum absolute atomic E-state index is 0.175. The summed E-state index contributed by atoms with van der Waals surface area (Å²) >= 11 is 0. The Hall–Kier alpha value is -1.36. The molecular formula is C14H23N3O2. The molecule has 0 amide bonds. The summed E-state index contributed by atoms with van der Waals surface area (Å²) < 4.78 is 11.4. The van der Waals surface area contributed by atoms with Gasteiger partial charge >= 0.3 is 0 Å². The summed E-state index contributed by atoms with van der Waals surface area (Å²) in [5.41, 5.74) is 0.